The first-order valence-corrected chi connectivity index (χ1v) is 9.41. The van der Waals surface area contributed by atoms with Crippen molar-refractivity contribution in [1.29, 1.82) is 0 Å². The number of oxazole rings is 1. The van der Waals surface area contributed by atoms with Gasteiger partial charge >= 0.3 is 0 Å². The summed E-state index contributed by atoms with van der Waals surface area (Å²) in [4.78, 5) is 19.2. The summed E-state index contributed by atoms with van der Waals surface area (Å²) in [5, 5.41) is 7.23. The molecule has 1 N–H and O–H groups in total. The summed E-state index contributed by atoms with van der Waals surface area (Å²) in [5.74, 6) is 1.86. The number of carbonyl (C=O) groups is 1. The monoisotopic (exact) mass is 364 g/mol. The maximum atomic E-state index is 12.7. The van der Waals surface area contributed by atoms with Gasteiger partial charge < -0.3 is 9.32 Å². The van der Waals surface area contributed by atoms with Crippen molar-refractivity contribution in [3.63, 3.8) is 0 Å². The van der Waals surface area contributed by atoms with Crippen LogP contribution in [0.3, 0.4) is 0 Å². The van der Waals surface area contributed by atoms with Crippen LogP contribution in [-0.2, 0) is 11.2 Å². The van der Waals surface area contributed by atoms with E-state index in [0.29, 0.717) is 17.6 Å². The van der Waals surface area contributed by atoms with Gasteiger partial charge in [-0.15, -0.1) is 0 Å². The molecule has 6 nitrogen and oxygen atoms in total. The lowest BCUT2D eigenvalue weighted by atomic mass is 9.91. The largest absolute Gasteiger partial charge is 0.441 e. The second-order valence-corrected chi connectivity index (χ2v) is 7.19. The van der Waals surface area contributed by atoms with Crippen LogP contribution in [0.2, 0.25) is 0 Å². The molecular weight excluding hydrogens is 340 g/mol. The second kappa shape index (κ2) is 7.39. The van der Waals surface area contributed by atoms with Crippen LogP contribution < -0.4 is 0 Å². The summed E-state index contributed by atoms with van der Waals surface area (Å²) in [6.07, 6.45) is 4.07. The van der Waals surface area contributed by atoms with Crippen molar-refractivity contribution in [2.45, 2.75) is 39.0 Å². The van der Waals surface area contributed by atoms with E-state index in [-0.39, 0.29) is 12.3 Å². The molecule has 1 amide bonds. The number of aromatic amines is 1. The SMILES string of the molecule is Cc1cn[nH]c1C1CCN(C(=O)Cc2nc(-c3ccccc3)oc2C)CC1. The molecule has 1 aliphatic heterocycles. The average Bonchev–Trinajstić information content (AvgIpc) is 3.28. The minimum absolute atomic E-state index is 0.116. The summed E-state index contributed by atoms with van der Waals surface area (Å²) in [6, 6.07) is 9.77. The molecule has 0 bridgehead atoms. The molecule has 27 heavy (non-hydrogen) atoms. The molecule has 6 heteroatoms. The fourth-order valence-electron chi connectivity index (χ4n) is 3.74. The second-order valence-electron chi connectivity index (χ2n) is 7.19. The molecule has 3 heterocycles. The summed E-state index contributed by atoms with van der Waals surface area (Å²) < 4.78 is 5.78. The molecule has 4 rings (SSSR count). The molecule has 0 unspecified atom stereocenters. The highest BCUT2D eigenvalue weighted by atomic mass is 16.4. The van der Waals surface area contributed by atoms with E-state index in [1.165, 1.54) is 11.3 Å². The molecule has 1 aliphatic rings. The van der Waals surface area contributed by atoms with E-state index < -0.39 is 0 Å². The first kappa shape index (κ1) is 17.5. The number of rotatable bonds is 4. The predicted octanol–water partition coefficient (Wildman–Crippen LogP) is 3.63. The molecule has 140 valence electrons. The predicted molar refractivity (Wildman–Crippen MR) is 102 cm³/mol. The lowest BCUT2D eigenvalue weighted by Gasteiger charge is -2.31. The average molecular weight is 364 g/mol. The lowest BCUT2D eigenvalue weighted by Crippen LogP contribution is -2.39. The van der Waals surface area contributed by atoms with E-state index >= 15 is 0 Å². The Morgan fingerprint density at radius 2 is 1.96 bits per heavy atom. The van der Waals surface area contributed by atoms with E-state index in [4.69, 9.17) is 4.42 Å². The zero-order valence-electron chi connectivity index (χ0n) is 15.7. The van der Waals surface area contributed by atoms with Crippen molar-refractivity contribution in [2.75, 3.05) is 13.1 Å². The Morgan fingerprint density at radius 3 is 2.63 bits per heavy atom. The van der Waals surface area contributed by atoms with Gasteiger partial charge in [-0.3, -0.25) is 9.89 Å². The molecule has 0 aliphatic carbocycles. The van der Waals surface area contributed by atoms with Crippen LogP contribution in [0.1, 0.15) is 41.5 Å². The summed E-state index contributed by atoms with van der Waals surface area (Å²) >= 11 is 0. The summed E-state index contributed by atoms with van der Waals surface area (Å²) in [5.41, 5.74) is 4.06. The lowest BCUT2D eigenvalue weighted by molar-refractivity contribution is -0.131. The molecule has 2 aromatic heterocycles. The number of hydrogen-bond acceptors (Lipinski definition) is 4. The number of carbonyl (C=O) groups excluding carboxylic acids is 1. The summed E-state index contributed by atoms with van der Waals surface area (Å²) in [6.45, 7) is 5.48. The third-order valence-corrected chi connectivity index (χ3v) is 5.36. The van der Waals surface area contributed by atoms with Gasteiger partial charge in [0, 0.05) is 30.3 Å². The van der Waals surface area contributed by atoms with Crippen molar-refractivity contribution < 1.29 is 9.21 Å². The minimum atomic E-state index is 0.116. The Kier molecular flexibility index (Phi) is 4.79. The number of aryl methyl sites for hydroxylation is 2. The third-order valence-electron chi connectivity index (χ3n) is 5.36. The van der Waals surface area contributed by atoms with Gasteiger partial charge in [-0.2, -0.15) is 5.10 Å². The van der Waals surface area contributed by atoms with Crippen LogP contribution >= 0.6 is 0 Å². The fourth-order valence-corrected chi connectivity index (χ4v) is 3.74. The summed E-state index contributed by atoms with van der Waals surface area (Å²) in [7, 11) is 0. The maximum absolute atomic E-state index is 12.7. The molecular formula is C21H24N4O2. The molecule has 0 atom stereocenters. The van der Waals surface area contributed by atoms with Crippen LogP contribution in [0.5, 0.6) is 0 Å². The number of likely N-dealkylation sites (tertiary alicyclic amines) is 1. The van der Waals surface area contributed by atoms with Gasteiger partial charge in [0.2, 0.25) is 11.8 Å². The van der Waals surface area contributed by atoms with Crippen LogP contribution in [0.15, 0.2) is 40.9 Å². The highest BCUT2D eigenvalue weighted by Gasteiger charge is 2.26. The number of amides is 1. The minimum Gasteiger partial charge on any atom is -0.441 e. The van der Waals surface area contributed by atoms with Crippen molar-refractivity contribution >= 4 is 5.91 Å². The Morgan fingerprint density at radius 1 is 1.22 bits per heavy atom. The van der Waals surface area contributed by atoms with E-state index in [2.05, 4.69) is 22.1 Å². The Bertz CT molecular complexity index is 921. The smallest absolute Gasteiger partial charge is 0.228 e. The Balaban J connectivity index is 1.39. The first-order chi connectivity index (χ1) is 13.1. The molecule has 0 saturated carbocycles. The standard InChI is InChI=1S/C21H24N4O2/c1-14-13-22-24-20(14)16-8-10-25(11-9-16)19(26)12-18-15(2)27-21(23-18)17-6-4-3-5-7-17/h3-7,13,16H,8-12H2,1-2H3,(H,22,24). The van der Waals surface area contributed by atoms with Crippen molar-refractivity contribution in [3.05, 3.63) is 59.2 Å². The highest BCUT2D eigenvalue weighted by Crippen LogP contribution is 2.29. The highest BCUT2D eigenvalue weighted by molar-refractivity contribution is 5.78. The quantitative estimate of drug-likeness (QED) is 0.767. The van der Waals surface area contributed by atoms with Crippen LogP contribution in [0, 0.1) is 13.8 Å². The topological polar surface area (TPSA) is 75.0 Å². The van der Waals surface area contributed by atoms with Crippen LogP contribution in [0.4, 0.5) is 0 Å². The van der Waals surface area contributed by atoms with Crippen LogP contribution in [0.25, 0.3) is 11.5 Å². The van der Waals surface area contributed by atoms with Gasteiger partial charge in [-0.1, -0.05) is 18.2 Å². The normalized spacial score (nSPS) is 15.3. The number of benzene rings is 1. The molecule has 3 aromatic rings. The van der Waals surface area contributed by atoms with Gasteiger partial charge in [0.25, 0.3) is 0 Å². The Hall–Kier alpha value is -2.89. The molecule has 1 saturated heterocycles. The van der Waals surface area contributed by atoms with Gasteiger partial charge in [0.15, 0.2) is 0 Å². The number of nitrogens with zero attached hydrogens (tertiary/aromatic N) is 3. The van der Waals surface area contributed by atoms with Gasteiger partial charge in [-0.05, 0) is 44.4 Å². The third kappa shape index (κ3) is 3.65. The van der Waals surface area contributed by atoms with Crippen molar-refractivity contribution in [3.8, 4) is 11.5 Å². The molecule has 0 spiro atoms. The van der Waals surface area contributed by atoms with Gasteiger partial charge in [0.1, 0.15) is 5.76 Å². The molecule has 0 radical (unpaired) electrons. The number of hydrogen-bond donors (Lipinski definition) is 1. The van der Waals surface area contributed by atoms with Crippen molar-refractivity contribution in [1.82, 2.24) is 20.1 Å². The molecule has 1 fully saturated rings. The van der Waals surface area contributed by atoms with Crippen LogP contribution in [-0.4, -0.2) is 39.1 Å². The number of nitrogens with one attached hydrogen (secondary N) is 1. The Labute approximate surface area is 158 Å². The number of piperidine rings is 1. The fraction of sp³-hybridized carbons (Fsp3) is 0.381. The van der Waals surface area contributed by atoms with E-state index in [0.717, 1.165) is 37.2 Å². The van der Waals surface area contributed by atoms with E-state index in [9.17, 15) is 4.79 Å². The number of aromatic nitrogens is 3. The zero-order chi connectivity index (χ0) is 18.8. The van der Waals surface area contributed by atoms with Crippen molar-refractivity contribution in [2.24, 2.45) is 0 Å². The van der Waals surface area contributed by atoms with E-state index in [1.54, 1.807) is 0 Å². The van der Waals surface area contributed by atoms with E-state index in [1.807, 2.05) is 48.4 Å². The van der Waals surface area contributed by atoms with Gasteiger partial charge in [0.05, 0.1) is 18.3 Å². The van der Waals surface area contributed by atoms with Gasteiger partial charge in [-0.25, -0.2) is 4.98 Å². The maximum Gasteiger partial charge on any atom is 0.228 e. The first-order valence-electron chi connectivity index (χ1n) is 9.41. The number of H-pyrrole nitrogens is 1. The zero-order valence-corrected chi connectivity index (χ0v) is 15.7. The molecule has 1 aromatic carbocycles.